The molecule has 0 amide bonds. The van der Waals surface area contributed by atoms with E-state index < -0.39 is 17.9 Å². The molecule has 0 atom stereocenters. The summed E-state index contributed by atoms with van der Waals surface area (Å²) in [6.45, 7) is 0. The van der Waals surface area contributed by atoms with Gasteiger partial charge in [-0.25, -0.2) is 4.79 Å². The van der Waals surface area contributed by atoms with Crippen molar-refractivity contribution in [2.24, 2.45) is 0 Å². The molecule has 0 rings (SSSR count). The zero-order valence-electron chi connectivity index (χ0n) is 6.07. The van der Waals surface area contributed by atoms with Crippen molar-refractivity contribution in [3.8, 4) is 12.3 Å². The Kier molecular flexibility index (Phi) is 4.16. The average molecular weight is 170 g/mol. The third-order valence-electron chi connectivity index (χ3n) is 0.867. The fourth-order valence-electron chi connectivity index (χ4n) is 0.393. The van der Waals surface area contributed by atoms with Gasteiger partial charge in [0.2, 0.25) is 0 Å². The molecule has 0 radical (unpaired) electrons. The smallest absolute Gasteiger partial charge is 0.391 e. The highest BCUT2D eigenvalue weighted by Crippen LogP contribution is 1.92. The van der Waals surface area contributed by atoms with Crippen LogP contribution in [0.4, 0.5) is 0 Å². The molecule has 0 saturated carbocycles. The number of carbonyl (C=O) groups is 3. The van der Waals surface area contributed by atoms with Gasteiger partial charge in [-0.3, -0.25) is 9.59 Å². The van der Waals surface area contributed by atoms with Crippen LogP contribution in [-0.2, 0) is 19.1 Å². The van der Waals surface area contributed by atoms with Crippen LogP contribution in [0, 0.1) is 12.3 Å². The Morgan fingerprint density at radius 3 is 2.33 bits per heavy atom. The highest BCUT2D eigenvalue weighted by atomic mass is 16.6. The molecule has 12 heavy (non-hydrogen) atoms. The summed E-state index contributed by atoms with van der Waals surface area (Å²) in [4.78, 5) is 30.7. The molecule has 0 aromatic carbocycles. The molecule has 0 aromatic rings. The highest BCUT2D eigenvalue weighted by Gasteiger charge is 2.09. The fraction of sp³-hybridized carbons (Fsp3) is 0.286. The summed E-state index contributed by atoms with van der Waals surface area (Å²) in [5.41, 5.74) is 0. The summed E-state index contributed by atoms with van der Waals surface area (Å²) in [5.74, 6) is -1.62. The molecule has 0 aliphatic carbocycles. The van der Waals surface area contributed by atoms with Crippen molar-refractivity contribution in [1.29, 1.82) is 0 Å². The van der Waals surface area contributed by atoms with Crippen molar-refractivity contribution >= 4 is 17.9 Å². The van der Waals surface area contributed by atoms with Crippen molar-refractivity contribution in [1.82, 2.24) is 0 Å². The molecule has 0 fully saturated rings. The van der Waals surface area contributed by atoms with Gasteiger partial charge in [-0.1, -0.05) is 0 Å². The normalized spacial score (nSPS) is 8.25. The van der Waals surface area contributed by atoms with Gasteiger partial charge in [0, 0.05) is 5.92 Å². The van der Waals surface area contributed by atoms with Crippen LogP contribution < -0.4 is 0 Å². The number of hydrogen-bond donors (Lipinski definition) is 1. The largest absolute Gasteiger partial charge is 0.481 e. The second-order valence-electron chi connectivity index (χ2n) is 1.80. The molecule has 1 N–H and O–H groups in total. The minimum absolute atomic E-state index is 0.358. The second kappa shape index (κ2) is 4.91. The van der Waals surface area contributed by atoms with E-state index >= 15 is 0 Å². The molecular formula is C7H6O5. The molecule has 0 aromatic heterocycles. The Morgan fingerprint density at radius 2 is 1.92 bits per heavy atom. The SMILES string of the molecule is C#CC(=O)OC(=O)CCC(=O)O. The van der Waals surface area contributed by atoms with Crippen LogP contribution in [0.2, 0.25) is 0 Å². The molecule has 5 nitrogen and oxygen atoms in total. The zero-order valence-corrected chi connectivity index (χ0v) is 6.07. The van der Waals surface area contributed by atoms with E-state index in [0.29, 0.717) is 0 Å². The molecule has 0 saturated heterocycles. The van der Waals surface area contributed by atoms with E-state index in [4.69, 9.17) is 5.11 Å². The third-order valence-corrected chi connectivity index (χ3v) is 0.867. The lowest BCUT2D eigenvalue weighted by atomic mass is 10.3. The van der Waals surface area contributed by atoms with Gasteiger partial charge in [0.25, 0.3) is 0 Å². The Balaban J connectivity index is 3.69. The van der Waals surface area contributed by atoms with E-state index in [1.54, 1.807) is 5.92 Å². The van der Waals surface area contributed by atoms with Gasteiger partial charge in [0.05, 0.1) is 12.8 Å². The topological polar surface area (TPSA) is 80.7 Å². The Bertz CT molecular complexity index is 247. The summed E-state index contributed by atoms with van der Waals surface area (Å²) in [5, 5.41) is 8.12. The number of ether oxygens (including phenoxy) is 1. The summed E-state index contributed by atoms with van der Waals surface area (Å²) < 4.78 is 3.97. The number of terminal acetylenes is 1. The van der Waals surface area contributed by atoms with E-state index in [0.717, 1.165) is 0 Å². The number of carboxylic acid groups (broad SMARTS) is 1. The average Bonchev–Trinajstić information content (AvgIpc) is 2.00. The summed E-state index contributed by atoms with van der Waals surface area (Å²) in [6, 6.07) is 0. The van der Waals surface area contributed by atoms with Gasteiger partial charge in [-0.05, 0) is 0 Å². The first-order chi connectivity index (χ1) is 5.56. The molecule has 0 spiro atoms. The lowest BCUT2D eigenvalue weighted by Gasteiger charge is -1.95. The predicted molar refractivity (Wildman–Crippen MR) is 36.8 cm³/mol. The van der Waals surface area contributed by atoms with Gasteiger partial charge in [0.1, 0.15) is 0 Å². The van der Waals surface area contributed by atoms with Crippen molar-refractivity contribution in [3.63, 3.8) is 0 Å². The van der Waals surface area contributed by atoms with E-state index in [9.17, 15) is 14.4 Å². The molecule has 0 bridgehead atoms. The van der Waals surface area contributed by atoms with E-state index in [2.05, 4.69) is 11.2 Å². The number of carbonyl (C=O) groups excluding carboxylic acids is 2. The number of hydrogen-bond acceptors (Lipinski definition) is 4. The molecule has 64 valence electrons. The maximum Gasteiger partial charge on any atom is 0.391 e. The summed E-state index contributed by atoms with van der Waals surface area (Å²) >= 11 is 0. The summed E-state index contributed by atoms with van der Waals surface area (Å²) in [6.07, 6.45) is 3.85. The second-order valence-corrected chi connectivity index (χ2v) is 1.80. The Hall–Kier alpha value is -1.83. The van der Waals surface area contributed by atoms with E-state index in [-0.39, 0.29) is 12.8 Å². The van der Waals surface area contributed by atoms with Crippen LogP contribution in [0.15, 0.2) is 0 Å². The molecule has 5 heteroatoms. The highest BCUT2D eigenvalue weighted by molar-refractivity contribution is 5.96. The quantitative estimate of drug-likeness (QED) is 0.268. The van der Waals surface area contributed by atoms with Gasteiger partial charge < -0.3 is 9.84 Å². The first-order valence-corrected chi connectivity index (χ1v) is 2.99. The number of rotatable bonds is 3. The molecule has 0 unspecified atom stereocenters. The van der Waals surface area contributed by atoms with Crippen LogP contribution in [0.25, 0.3) is 0 Å². The number of esters is 2. The lowest BCUT2D eigenvalue weighted by Crippen LogP contribution is -2.11. The van der Waals surface area contributed by atoms with E-state index in [1.807, 2.05) is 0 Å². The van der Waals surface area contributed by atoms with Crippen molar-refractivity contribution in [2.45, 2.75) is 12.8 Å². The van der Waals surface area contributed by atoms with Gasteiger partial charge in [0.15, 0.2) is 0 Å². The Morgan fingerprint density at radius 1 is 1.33 bits per heavy atom. The van der Waals surface area contributed by atoms with Gasteiger partial charge in [-0.2, -0.15) is 0 Å². The van der Waals surface area contributed by atoms with Crippen molar-refractivity contribution in [3.05, 3.63) is 0 Å². The Labute approximate surface area is 68.3 Å². The van der Waals surface area contributed by atoms with Crippen molar-refractivity contribution in [2.75, 3.05) is 0 Å². The molecular weight excluding hydrogens is 164 g/mol. The van der Waals surface area contributed by atoms with Crippen LogP contribution in [-0.4, -0.2) is 23.0 Å². The van der Waals surface area contributed by atoms with Crippen LogP contribution >= 0.6 is 0 Å². The summed E-state index contributed by atoms with van der Waals surface area (Å²) in [7, 11) is 0. The fourth-order valence-corrected chi connectivity index (χ4v) is 0.393. The molecule has 0 heterocycles. The van der Waals surface area contributed by atoms with Gasteiger partial charge in [-0.15, -0.1) is 6.42 Å². The van der Waals surface area contributed by atoms with Crippen LogP contribution in [0.1, 0.15) is 12.8 Å². The first-order valence-electron chi connectivity index (χ1n) is 2.99. The minimum Gasteiger partial charge on any atom is -0.481 e. The van der Waals surface area contributed by atoms with Crippen LogP contribution in [0.5, 0.6) is 0 Å². The number of carboxylic acids is 1. The monoisotopic (exact) mass is 170 g/mol. The third kappa shape index (κ3) is 4.99. The number of aliphatic carboxylic acids is 1. The van der Waals surface area contributed by atoms with Crippen LogP contribution in [0.3, 0.4) is 0 Å². The van der Waals surface area contributed by atoms with Crippen molar-refractivity contribution < 1.29 is 24.2 Å². The minimum atomic E-state index is -1.14. The van der Waals surface area contributed by atoms with Gasteiger partial charge >= 0.3 is 17.9 Å². The zero-order chi connectivity index (χ0) is 9.56. The molecule has 0 aliphatic heterocycles. The molecule has 0 aliphatic rings. The first kappa shape index (κ1) is 10.2. The standard InChI is InChI=1S/C7H6O5/c1-2-6(10)12-7(11)4-3-5(8)9/h1H,3-4H2,(H,8,9). The predicted octanol–water partition coefficient (Wildman–Crippen LogP) is -0.446. The lowest BCUT2D eigenvalue weighted by molar-refractivity contribution is -0.157. The maximum absolute atomic E-state index is 10.5. The maximum atomic E-state index is 10.5. The van der Waals surface area contributed by atoms with E-state index in [1.165, 1.54) is 0 Å².